The predicted molar refractivity (Wildman–Crippen MR) is 112 cm³/mol. The Hall–Kier alpha value is -2.48. The molecular weight excluding hydrogens is 374 g/mol. The molecule has 0 unspecified atom stereocenters. The molecule has 8 heteroatoms. The number of benzene rings is 1. The highest BCUT2D eigenvalue weighted by atomic mass is 32.1. The molecule has 0 fully saturated rings. The fraction of sp³-hybridized carbons (Fsp3) is 0.500. The molecule has 3 N–H and O–H groups in total. The van der Waals surface area contributed by atoms with E-state index in [1.54, 1.807) is 0 Å². The maximum absolute atomic E-state index is 12.2. The first kappa shape index (κ1) is 21.8. The Balaban J connectivity index is 1.71. The Bertz CT molecular complexity index is 862. The molecule has 1 aromatic heterocycles. The highest BCUT2D eigenvalue weighted by molar-refractivity contribution is 7.71. The molecule has 0 aliphatic rings. The van der Waals surface area contributed by atoms with Crippen molar-refractivity contribution in [2.45, 2.75) is 52.5 Å². The van der Waals surface area contributed by atoms with Crippen molar-refractivity contribution in [2.75, 3.05) is 13.1 Å². The van der Waals surface area contributed by atoms with Crippen LogP contribution >= 0.6 is 12.2 Å². The molecular formula is C20H29N5O2S. The molecule has 152 valence electrons. The number of aromatic amines is 1. The number of hydrogen-bond donors (Lipinski definition) is 3. The molecule has 0 saturated heterocycles. The van der Waals surface area contributed by atoms with Crippen LogP contribution in [0.2, 0.25) is 0 Å². The van der Waals surface area contributed by atoms with E-state index in [-0.39, 0.29) is 23.7 Å². The standard InChI is InChI=1S/C20H29N5O2S/c1-5-25-16(23-24-19(25)28)10-12-21-17(26)11-13-22-18(27)14-6-8-15(9-7-14)20(2,3)4/h6-9H,5,10-13H2,1-4H3,(H,21,26)(H,22,27)(H,24,28). The second-order valence-corrected chi connectivity index (χ2v) is 8.01. The Morgan fingerprint density at radius 3 is 2.43 bits per heavy atom. The monoisotopic (exact) mass is 403 g/mol. The van der Waals surface area contributed by atoms with Crippen molar-refractivity contribution in [2.24, 2.45) is 0 Å². The van der Waals surface area contributed by atoms with Gasteiger partial charge in [-0.15, -0.1) is 0 Å². The normalized spacial score (nSPS) is 11.3. The van der Waals surface area contributed by atoms with Crippen molar-refractivity contribution in [3.63, 3.8) is 0 Å². The van der Waals surface area contributed by atoms with Crippen LogP contribution in [0.3, 0.4) is 0 Å². The SMILES string of the molecule is CCn1c(CCNC(=O)CCNC(=O)c2ccc(C(C)(C)C)cc2)n[nH]c1=S. The molecule has 2 amide bonds. The number of nitrogens with one attached hydrogen (secondary N) is 3. The molecule has 0 bridgehead atoms. The fourth-order valence-corrected chi connectivity index (χ4v) is 3.06. The van der Waals surface area contributed by atoms with Gasteiger partial charge in [0, 0.05) is 38.0 Å². The second kappa shape index (κ2) is 9.64. The summed E-state index contributed by atoms with van der Waals surface area (Å²) in [6.45, 7) is 9.88. The van der Waals surface area contributed by atoms with E-state index in [4.69, 9.17) is 12.2 Å². The van der Waals surface area contributed by atoms with Crippen LogP contribution in [0.5, 0.6) is 0 Å². The van der Waals surface area contributed by atoms with Gasteiger partial charge in [0.1, 0.15) is 5.82 Å². The van der Waals surface area contributed by atoms with Crippen molar-refractivity contribution in [3.05, 3.63) is 46.0 Å². The lowest BCUT2D eigenvalue weighted by Crippen LogP contribution is -2.32. The zero-order valence-electron chi connectivity index (χ0n) is 17.0. The van der Waals surface area contributed by atoms with E-state index in [9.17, 15) is 9.59 Å². The molecule has 1 heterocycles. The summed E-state index contributed by atoms with van der Waals surface area (Å²) in [7, 11) is 0. The number of nitrogens with zero attached hydrogens (tertiary/aromatic N) is 2. The summed E-state index contributed by atoms with van der Waals surface area (Å²) in [6, 6.07) is 7.56. The van der Waals surface area contributed by atoms with Crippen molar-refractivity contribution in [3.8, 4) is 0 Å². The molecule has 7 nitrogen and oxygen atoms in total. The van der Waals surface area contributed by atoms with E-state index in [1.807, 2.05) is 35.8 Å². The minimum atomic E-state index is -0.174. The largest absolute Gasteiger partial charge is 0.356 e. The van der Waals surface area contributed by atoms with Gasteiger partial charge in [-0.1, -0.05) is 32.9 Å². The van der Waals surface area contributed by atoms with E-state index in [0.29, 0.717) is 29.8 Å². The number of aromatic nitrogens is 3. The van der Waals surface area contributed by atoms with Gasteiger partial charge in [-0.3, -0.25) is 14.7 Å². The van der Waals surface area contributed by atoms with Crippen LogP contribution in [0.1, 0.15) is 55.9 Å². The molecule has 2 rings (SSSR count). The Kier molecular flexibility index (Phi) is 7.51. The van der Waals surface area contributed by atoms with E-state index in [0.717, 1.165) is 12.4 Å². The van der Waals surface area contributed by atoms with Gasteiger partial charge in [0.05, 0.1) is 0 Å². The quantitative estimate of drug-likeness (QED) is 0.591. The number of carbonyl (C=O) groups is 2. The molecule has 0 aliphatic carbocycles. The van der Waals surface area contributed by atoms with E-state index in [1.165, 1.54) is 5.56 Å². The van der Waals surface area contributed by atoms with Gasteiger partial charge < -0.3 is 15.2 Å². The van der Waals surface area contributed by atoms with Crippen molar-refractivity contribution < 1.29 is 9.59 Å². The predicted octanol–water partition coefficient (Wildman–Crippen LogP) is 2.74. The third kappa shape index (κ3) is 6.02. The molecule has 0 atom stereocenters. The molecule has 0 saturated carbocycles. The molecule has 2 aromatic rings. The summed E-state index contributed by atoms with van der Waals surface area (Å²) in [5.74, 6) is 0.534. The lowest BCUT2D eigenvalue weighted by molar-refractivity contribution is -0.120. The molecule has 0 radical (unpaired) electrons. The van der Waals surface area contributed by atoms with Crippen molar-refractivity contribution in [1.29, 1.82) is 0 Å². The van der Waals surface area contributed by atoms with Gasteiger partial charge in [0.25, 0.3) is 5.91 Å². The van der Waals surface area contributed by atoms with Gasteiger partial charge in [0.15, 0.2) is 4.77 Å². The van der Waals surface area contributed by atoms with Gasteiger partial charge in [-0.2, -0.15) is 5.10 Å². The molecule has 0 spiro atoms. The highest BCUT2D eigenvalue weighted by Crippen LogP contribution is 2.22. The zero-order valence-corrected chi connectivity index (χ0v) is 17.8. The smallest absolute Gasteiger partial charge is 0.251 e. The number of H-pyrrole nitrogens is 1. The van der Waals surface area contributed by atoms with Gasteiger partial charge in [0.2, 0.25) is 5.91 Å². The number of carbonyl (C=O) groups excluding carboxylic acids is 2. The maximum atomic E-state index is 12.2. The zero-order chi connectivity index (χ0) is 20.7. The summed E-state index contributed by atoms with van der Waals surface area (Å²) in [5, 5.41) is 12.5. The summed E-state index contributed by atoms with van der Waals surface area (Å²) in [4.78, 5) is 24.1. The van der Waals surface area contributed by atoms with Crippen molar-refractivity contribution >= 4 is 24.0 Å². The number of amides is 2. The minimum Gasteiger partial charge on any atom is -0.356 e. The summed E-state index contributed by atoms with van der Waals surface area (Å²) in [6.07, 6.45) is 0.825. The van der Waals surface area contributed by atoms with Crippen LogP contribution in [-0.2, 0) is 23.2 Å². The van der Waals surface area contributed by atoms with Crippen LogP contribution in [0.4, 0.5) is 0 Å². The van der Waals surface area contributed by atoms with Crippen LogP contribution in [-0.4, -0.2) is 39.7 Å². The van der Waals surface area contributed by atoms with Crippen LogP contribution in [0.15, 0.2) is 24.3 Å². The highest BCUT2D eigenvalue weighted by Gasteiger charge is 2.14. The summed E-state index contributed by atoms with van der Waals surface area (Å²) in [5.41, 5.74) is 1.82. The minimum absolute atomic E-state index is 0.0479. The van der Waals surface area contributed by atoms with E-state index < -0.39 is 0 Å². The third-order valence-corrected chi connectivity index (χ3v) is 4.79. The van der Waals surface area contributed by atoms with Crippen LogP contribution < -0.4 is 10.6 Å². The Morgan fingerprint density at radius 1 is 1.14 bits per heavy atom. The first-order chi connectivity index (χ1) is 13.2. The average Bonchev–Trinajstić information content (AvgIpc) is 3.00. The van der Waals surface area contributed by atoms with Gasteiger partial charge >= 0.3 is 0 Å². The summed E-state index contributed by atoms with van der Waals surface area (Å²) >= 11 is 5.14. The molecule has 1 aromatic carbocycles. The maximum Gasteiger partial charge on any atom is 0.251 e. The first-order valence-corrected chi connectivity index (χ1v) is 9.92. The number of hydrogen-bond acceptors (Lipinski definition) is 4. The first-order valence-electron chi connectivity index (χ1n) is 9.52. The lowest BCUT2D eigenvalue weighted by atomic mass is 9.87. The van der Waals surface area contributed by atoms with Crippen LogP contribution in [0.25, 0.3) is 0 Å². The van der Waals surface area contributed by atoms with Crippen LogP contribution in [0, 0.1) is 4.77 Å². The van der Waals surface area contributed by atoms with Gasteiger partial charge in [-0.25, -0.2) is 0 Å². The fourth-order valence-electron chi connectivity index (χ4n) is 2.78. The molecule has 28 heavy (non-hydrogen) atoms. The topological polar surface area (TPSA) is 91.8 Å². The number of rotatable bonds is 8. The lowest BCUT2D eigenvalue weighted by Gasteiger charge is -2.19. The molecule has 0 aliphatic heterocycles. The van der Waals surface area contributed by atoms with Crippen molar-refractivity contribution in [1.82, 2.24) is 25.4 Å². The van der Waals surface area contributed by atoms with Gasteiger partial charge in [-0.05, 0) is 42.3 Å². The summed E-state index contributed by atoms with van der Waals surface area (Å²) < 4.78 is 2.48. The second-order valence-electron chi connectivity index (χ2n) is 7.62. The Labute approximate surface area is 170 Å². The average molecular weight is 404 g/mol. The Morgan fingerprint density at radius 2 is 1.82 bits per heavy atom. The third-order valence-electron chi connectivity index (χ3n) is 4.48. The van der Waals surface area contributed by atoms with E-state index >= 15 is 0 Å². The van der Waals surface area contributed by atoms with E-state index in [2.05, 4.69) is 41.6 Å².